The quantitative estimate of drug-likeness (QED) is 0.688. The summed E-state index contributed by atoms with van der Waals surface area (Å²) in [6.45, 7) is 12.5. The Bertz CT molecular complexity index is 536. The maximum absolute atomic E-state index is 12.9. The van der Waals surface area contributed by atoms with Crippen LogP contribution in [-0.2, 0) is 19.1 Å². The number of amides is 2. The zero-order valence-electron chi connectivity index (χ0n) is 17.3. The summed E-state index contributed by atoms with van der Waals surface area (Å²) in [4.78, 5) is 42.9. The molecule has 7 heteroatoms. The number of ether oxygens (including phenoxy) is 1. The van der Waals surface area contributed by atoms with Gasteiger partial charge in [0.15, 0.2) is 0 Å². The van der Waals surface area contributed by atoms with Gasteiger partial charge >= 0.3 is 5.97 Å². The van der Waals surface area contributed by atoms with Gasteiger partial charge in [0.25, 0.3) is 0 Å². The highest BCUT2D eigenvalue weighted by Gasteiger charge is 2.34. The molecule has 0 aromatic carbocycles. The van der Waals surface area contributed by atoms with E-state index in [0.29, 0.717) is 39.3 Å². The molecule has 0 N–H and O–H groups in total. The molecule has 2 fully saturated rings. The molecule has 0 atom stereocenters. The Morgan fingerprint density at radius 3 is 2.19 bits per heavy atom. The van der Waals surface area contributed by atoms with E-state index in [2.05, 4.69) is 4.90 Å². The van der Waals surface area contributed by atoms with Gasteiger partial charge in [-0.1, -0.05) is 20.8 Å². The maximum Gasteiger partial charge on any atom is 0.320 e. The molecule has 0 aliphatic carbocycles. The van der Waals surface area contributed by atoms with Crippen molar-refractivity contribution in [3.8, 4) is 0 Å². The van der Waals surface area contributed by atoms with Crippen molar-refractivity contribution >= 4 is 17.8 Å². The second-order valence-corrected chi connectivity index (χ2v) is 8.58. The highest BCUT2D eigenvalue weighted by molar-refractivity contribution is 5.82. The molecule has 2 aliphatic rings. The molecule has 7 nitrogen and oxygen atoms in total. The Morgan fingerprint density at radius 1 is 0.926 bits per heavy atom. The standard InChI is InChI=1S/C20H35N3O4/c1-5-27-17(24)15-21-9-6-10-22(14-13-21)18(25)16-7-11-23(12-8-16)19(26)20(2,3)4/h16H,5-15H2,1-4H3. The van der Waals surface area contributed by atoms with E-state index >= 15 is 0 Å². The lowest BCUT2D eigenvalue weighted by atomic mass is 9.90. The Labute approximate surface area is 163 Å². The molecule has 2 amide bonds. The second-order valence-electron chi connectivity index (χ2n) is 8.58. The van der Waals surface area contributed by atoms with E-state index in [1.807, 2.05) is 30.6 Å². The fourth-order valence-corrected chi connectivity index (χ4v) is 3.80. The van der Waals surface area contributed by atoms with Crippen LogP contribution >= 0.6 is 0 Å². The highest BCUT2D eigenvalue weighted by Crippen LogP contribution is 2.25. The van der Waals surface area contributed by atoms with Crippen LogP contribution in [0.1, 0.15) is 47.0 Å². The first-order valence-electron chi connectivity index (χ1n) is 10.2. The zero-order chi connectivity index (χ0) is 20.0. The number of carbonyl (C=O) groups excluding carboxylic acids is 3. The molecule has 2 rings (SSSR count). The van der Waals surface area contributed by atoms with Gasteiger partial charge in [0, 0.05) is 50.6 Å². The van der Waals surface area contributed by atoms with Crippen molar-refractivity contribution in [2.75, 3.05) is 52.4 Å². The first kappa shape index (κ1) is 21.7. The molecule has 0 saturated carbocycles. The predicted molar refractivity (Wildman–Crippen MR) is 103 cm³/mol. The van der Waals surface area contributed by atoms with Crippen LogP contribution in [0.25, 0.3) is 0 Å². The number of likely N-dealkylation sites (tertiary alicyclic amines) is 1. The molecule has 154 valence electrons. The third kappa shape index (κ3) is 6.19. The molecule has 2 aliphatic heterocycles. The average molecular weight is 382 g/mol. The van der Waals surface area contributed by atoms with Crippen LogP contribution in [0.15, 0.2) is 0 Å². The van der Waals surface area contributed by atoms with E-state index in [4.69, 9.17) is 4.74 Å². The number of hydrogen-bond acceptors (Lipinski definition) is 5. The van der Waals surface area contributed by atoms with Crippen LogP contribution in [0.2, 0.25) is 0 Å². The van der Waals surface area contributed by atoms with Crippen molar-refractivity contribution in [1.82, 2.24) is 14.7 Å². The van der Waals surface area contributed by atoms with Crippen LogP contribution in [0.5, 0.6) is 0 Å². The number of esters is 1. The lowest BCUT2D eigenvalue weighted by Gasteiger charge is -2.36. The highest BCUT2D eigenvalue weighted by atomic mass is 16.5. The molecule has 0 aromatic rings. The lowest BCUT2D eigenvalue weighted by molar-refractivity contribution is -0.145. The molecule has 0 bridgehead atoms. The number of carbonyl (C=O) groups is 3. The maximum atomic E-state index is 12.9. The number of nitrogens with zero attached hydrogens (tertiary/aromatic N) is 3. The van der Waals surface area contributed by atoms with Crippen LogP contribution in [0.3, 0.4) is 0 Å². The molecule has 0 radical (unpaired) electrons. The monoisotopic (exact) mass is 381 g/mol. The van der Waals surface area contributed by atoms with E-state index in [-0.39, 0.29) is 29.1 Å². The van der Waals surface area contributed by atoms with Crippen molar-refractivity contribution < 1.29 is 19.1 Å². The Balaban J connectivity index is 1.81. The van der Waals surface area contributed by atoms with Crippen molar-refractivity contribution in [3.05, 3.63) is 0 Å². The largest absolute Gasteiger partial charge is 0.465 e. The Hall–Kier alpha value is -1.63. The summed E-state index contributed by atoms with van der Waals surface area (Å²) in [5.41, 5.74) is -0.371. The molecule has 2 saturated heterocycles. The number of piperidine rings is 1. The smallest absolute Gasteiger partial charge is 0.320 e. The molecular weight excluding hydrogens is 346 g/mol. The van der Waals surface area contributed by atoms with E-state index in [0.717, 1.165) is 32.4 Å². The van der Waals surface area contributed by atoms with Crippen molar-refractivity contribution in [1.29, 1.82) is 0 Å². The van der Waals surface area contributed by atoms with Crippen LogP contribution < -0.4 is 0 Å². The summed E-state index contributed by atoms with van der Waals surface area (Å²) in [5, 5.41) is 0. The van der Waals surface area contributed by atoms with E-state index < -0.39 is 0 Å². The second kappa shape index (κ2) is 9.53. The zero-order valence-corrected chi connectivity index (χ0v) is 17.3. The van der Waals surface area contributed by atoms with Gasteiger partial charge in [-0.3, -0.25) is 19.3 Å². The van der Waals surface area contributed by atoms with Gasteiger partial charge in [-0.15, -0.1) is 0 Å². The summed E-state index contributed by atoms with van der Waals surface area (Å²) in [7, 11) is 0. The third-order valence-electron chi connectivity index (χ3n) is 5.33. The average Bonchev–Trinajstić information content (AvgIpc) is 2.85. The normalized spacial score (nSPS) is 20.3. The minimum Gasteiger partial charge on any atom is -0.465 e. The predicted octanol–water partition coefficient (Wildman–Crippen LogP) is 1.37. The molecule has 0 aromatic heterocycles. The summed E-state index contributed by atoms with van der Waals surface area (Å²) in [6.07, 6.45) is 2.35. The van der Waals surface area contributed by atoms with E-state index in [1.165, 1.54) is 0 Å². The van der Waals surface area contributed by atoms with Gasteiger partial charge in [-0.25, -0.2) is 0 Å². The number of rotatable bonds is 4. The SMILES string of the molecule is CCOC(=O)CN1CCCN(C(=O)C2CCN(C(=O)C(C)(C)C)CC2)CC1. The number of hydrogen-bond donors (Lipinski definition) is 0. The molecule has 0 unspecified atom stereocenters. The fourth-order valence-electron chi connectivity index (χ4n) is 3.80. The first-order chi connectivity index (χ1) is 12.7. The van der Waals surface area contributed by atoms with Gasteiger partial charge in [-0.05, 0) is 26.2 Å². The van der Waals surface area contributed by atoms with E-state index in [9.17, 15) is 14.4 Å². The minimum absolute atomic E-state index is 0.00521. The lowest BCUT2D eigenvalue weighted by Crippen LogP contribution is -2.48. The third-order valence-corrected chi connectivity index (χ3v) is 5.33. The van der Waals surface area contributed by atoms with Gasteiger partial charge < -0.3 is 14.5 Å². The van der Waals surface area contributed by atoms with Crippen LogP contribution in [-0.4, -0.2) is 84.9 Å². The summed E-state index contributed by atoms with van der Waals surface area (Å²) >= 11 is 0. The van der Waals surface area contributed by atoms with Gasteiger partial charge in [0.1, 0.15) is 0 Å². The molecule has 27 heavy (non-hydrogen) atoms. The summed E-state index contributed by atoms with van der Waals surface area (Å²) < 4.78 is 5.01. The molecule has 0 spiro atoms. The topological polar surface area (TPSA) is 70.2 Å². The fraction of sp³-hybridized carbons (Fsp3) is 0.850. The van der Waals surface area contributed by atoms with Crippen LogP contribution in [0.4, 0.5) is 0 Å². The summed E-state index contributed by atoms with van der Waals surface area (Å²) in [6, 6.07) is 0. The van der Waals surface area contributed by atoms with Gasteiger partial charge in [-0.2, -0.15) is 0 Å². The van der Waals surface area contributed by atoms with Crippen LogP contribution in [0, 0.1) is 11.3 Å². The van der Waals surface area contributed by atoms with Crippen molar-refractivity contribution in [2.45, 2.75) is 47.0 Å². The van der Waals surface area contributed by atoms with Crippen molar-refractivity contribution in [3.63, 3.8) is 0 Å². The minimum atomic E-state index is -0.371. The van der Waals surface area contributed by atoms with Gasteiger partial charge in [0.05, 0.1) is 13.2 Å². The molecular formula is C20H35N3O4. The molecule has 2 heterocycles. The van der Waals surface area contributed by atoms with E-state index in [1.54, 1.807) is 6.92 Å². The van der Waals surface area contributed by atoms with Crippen molar-refractivity contribution in [2.24, 2.45) is 11.3 Å². The first-order valence-corrected chi connectivity index (χ1v) is 10.2. The Morgan fingerprint density at radius 2 is 1.59 bits per heavy atom. The van der Waals surface area contributed by atoms with Gasteiger partial charge in [0.2, 0.25) is 11.8 Å². The Kier molecular flexibility index (Phi) is 7.65. The summed E-state index contributed by atoms with van der Waals surface area (Å²) in [5.74, 6) is 0.174.